The summed E-state index contributed by atoms with van der Waals surface area (Å²) in [7, 11) is 0. The molecule has 0 spiro atoms. The summed E-state index contributed by atoms with van der Waals surface area (Å²) >= 11 is 12.2. The molecule has 0 aliphatic carbocycles. The average molecular weight is 428 g/mol. The van der Waals surface area contributed by atoms with Crippen LogP contribution in [-0.2, 0) is 6.54 Å². The zero-order chi connectivity index (χ0) is 20.7. The minimum Gasteiger partial charge on any atom is -0.467 e. The van der Waals surface area contributed by atoms with Gasteiger partial charge in [0.1, 0.15) is 23.2 Å². The van der Waals surface area contributed by atoms with Crippen LogP contribution in [0.1, 0.15) is 28.5 Å². The number of nitrogens with zero attached hydrogens (tertiary/aromatic N) is 2. The predicted molar refractivity (Wildman–Crippen MR) is 109 cm³/mol. The molecule has 1 aromatic carbocycles. The summed E-state index contributed by atoms with van der Waals surface area (Å²) in [4.78, 5) is 13.5. The van der Waals surface area contributed by atoms with Crippen molar-refractivity contribution >= 4 is 23.2 Å². The smallest absolute Gasteiger partial charge is 0.259 e. The normalized spacial score (nSPS) is 15.6. The van der Waals surface area contributed by atoms with Gasteiger partial charge in [0.15, 0.2) is 0 Å². The molecule has 0 fully saturated rings. The molecule has 0 amide bonds. The van der Waals surface area contributed by atoms with Crippen LogP contribution >= 0.6 is 23.2 Å². The largest absolute Gasteiger partial charge is 0.467 e. The molecular formula is C21H15Cl2N3O3. The molecule has 1 aliphatic rings. The number of aromatic nitrogens is 1. The van der Waals surface area contributed by atoms with E-state index in [4.69, 9.17) is 38.1 Å². The minimum absolute atomic E-state index is 0.0429. The van der Waals surface area contributed by atoms with Crippen LogP contribution in [-0.4, -0.2) is 4.57 Å². The van der Waals surface area contributed by atoms with Crippen LogP contribution in [0.25, 0.3) is 0 Å². The van der Waals surface area contributed by atoms with E-state index < -0.39 is 5.92 Å². The summed E-state index contributed by atoms with van der Waals surface area (Å²) in [6.07, 6.45) is 1.55. The van der Waals surface area contributed by atoms with Gasteiger partial charge in [-0.15, -0.1) is 0 Å². The Bertz CT molecular complexity index is 1240. The molecule has 0 saturated carbocycles. The molecular weight excluding hydrogens is 413 g/mol. The van der Waals surface area contributed by atoms with Gasteiger partial charge < -0.3 is 19.5 Å². The number of allylic oxidation sites excluding steroid dienone is 1. The standard InChI is InChI=1S/C21H15Cl2N3O3/c1-11-7-17-19(21(27)26(11)10-13-3-2-6-28-13)18(14(9-24)20(25)29-17)12-4-5-15(22)16(23)8-12/h2-8,18H,10,25H2,1H3/t18-/m1/s1. The summed E-state index contributed by atoms with van der Waals surface area (Å²) in [5, 5.41) is 10.4. The molecule has 3 heterocycles. The summed E-state index contributed by atoms with van der Waals surface area (Å²) in [6, 6.07) is 12.3. The number of ether oxygens (including phenoxy) is 1. The highest BCUT2D eigenvalue weighted by molar-refractivity contribution is 6.42. The van der Waals surface area contributed by atoms with Crippen molar-refractivity contribution in [1.29, 1.82) is 5.26 Å². The first-order valence-electron chi connectivity index (χ1n) is 8.70. The quantitative estimate of drug-likeness (QED) is 0.671. The molecule has 29 heavy (non-hydrogen) atoms. The third kappa shape index (κ3) is 3.29. The van der Waals surface area contributed by atoms with E-state index in [0.29, 0.717) is 38.4 Å². The lowest BCUT2D eigenvalue weighted by Crippen LogP contribution is -2.33. The van der Waals surface area contributed by atoms with Crippen molar-refractivity contribution in [3.8, 4) is 11.8 Å². The first kappa shape index (κ1) is 19.2. The van der Waals surface area contributed by atoms with E-state index >= 15 is 0 Å². The van der Waals surface area contributed by atoms with Gasteiger partial charge in [0, 0.05) is 11.8 Å². The second-order valence-electron chi connectivity index (χ2n) is 6.63. The highest BCUT2D eigenvalue weighted by atomic mass is 35.5. The highest BCUT2D eigenvalue weighted by Crippen LogP contribution is 2.41. The fraction of sp³-hybridized carbons (Fsp3) is 0.143. The maximum Gasteiger partial charge on any atom is 0.259 e. The Morgan fingerprint density at radius 1 is 1.24 bits per heavy atom. The number of nitriles is 1. The van der Waals surface area contributed by atoms with Crippen molar-refractivity contribution in [2.24, 2.45) is 5.73 Å². The van der Waals surface area contributed by atoms with Gasteiger partial charge in [-0.2, -0.15) is 5.26 Å². The molecule has 4 rings (SSSR count). The number of hydrogen-bond donors (Lipinski definition) is 1. The number of pyridine rings is 1. The lowest BCUT2D eigenvalue weighted by Gasteiger charge is -2.27. The maximum atomic E-state index is 13.5. The third-order valence-electron chi connectivity index (χ3n) is 4.86. The highest BCUT2D eigenvalue weighted by Gasteiger charge is 2.34. The monoisotopic (exact) mass is 427 g/mol. The maximum absolute atomic E-state index is 13.5. The molecule has 1 atom stereocenters. The zero-order valence-electron chi connectivity index (χ0n) is 15.3. The van der Waals surface area contributed by atoms with Gasteiger partial charge in [-0.05, 0) is 36.8 Å². The van der Waals surface area contributed by atoms with Crippen LogP contribution < -0.4 is 16.0 Å². The molecule has 0 bridgehead atoms. The van der Waals surface area contributed by atoms with Crippen LogP contribution in [0.4, 0.5) is 0 Å². The van der Waals surface area contributed by atoms with Gasteiger partial charge in [-0.1, -0.05) is 29.3 Å². The SMILES string of the molecule is Cc1cc2c(c(=O)n1Cc1ccco1)[C@H](c1ccc(Cl)c(Cl)c1)C(C#N)=C(N)O2. The van der Waals surface area contributed by atoms with Crippen molar-refractivity contribution in [2.75, 3.05) is 0 Å². The summed E-state index contributed by atoms with van der Waals surface area (Å²) in [5.74, 6) is 0.178. The van der Waals surface area contributed by atoms with Crippen LogP contribution in [0, 0.1) is 18.3 Å². The van der Waals surface area contributed by atoms with Gasteiger partial charge in [-0.3, -0.25) is 4.79 Å². The molecule has 0 radical (unpaired) electrons. The Morgan fingerprint density at radius 2 is 2.03 bits per heavy atom. The Morgan fingerprint density at radius 3 is 2.69 bits per heavy atom. The van der Waals surface area contributed by atoms with Crippen LogP contribution in [0.3, 0.4) is 0 Å². The van der Waals surface area contributed by atoms with Gasteiger partial charge >= 0.3 is 0 Å². The number of hydrogen-bond acceptors (Lipinski definition) is 5. The topological polar surface area (TPSA) is 94.2 Å². The van der Waals surface area contributed by atoms with Crippen molar-refractivity contribution in [2.45, 2.75) is 19.4 Å². The zero-order valence-corrected chi connectivity index (χ0v) is 16.8. The van der Waals surface area contributed by atoms with E-state index in [9.17, 15) is 10.1 Å². The van der Waals surface area contributed by atoms with Gasteiger partial charge in [-0.25, -0.2) is 0 Å². The summed E-state index contributed by atoms with van der Waals surface area (Å²) in [5.41, 5.74) is 7.44. The number of furan rings is 1. The average Bonchev–Trinajstić information content (AvgIpc) is 3.19. The Hall–Kier alpha value is -3.14. The van der Waals surface area contributed by atoms with Gasteiger partial charge in [0.25, 0.3) is 5.56 Å². The van der Waals surface area contributed by atoms with E-state index in [2.05, 4.69) is 6.07 Å². The molecule has 2 aromatic heterocycles. The first-order chi connectivity index (χ1) is 13.9. The molecule has 6 nitrogen and oxygen atoms in total. The Balaban J connectivity index is 1.96. The van der Waals surface area contributed by atoms with Crippen molar-refractivity contribution in [3.63, 3.8) is 0 Å². The first-order valence-corrected chi connectivity index (χ1v) is 9.45. The van der Waals surface area contributed by atoms with E-state index in [0.717, 1.165) is 0 Å². The van der Waals surface area contributed by atoms with Gasteiger partial charge in [0.05, 0.1) is 34.3 Å². The van der Waals surface area contributed by atoms with Crippen molar-refractivity contribution in [3.05, 3.63) is 97.1 Å². The molecule has 3 aromatic rings. The van der Waals surface area contributed by atoms with Crippen LogP contribution in [0.2, 0.25) is 10.0 Å². The Kier molecular flexibility index (Phi) is 4.87. The molecule has 0 unspecified atom stereocenters. The fourth-order valence-corrected chi connectivity index (χ4v) is 3.77. The second-order valence-corrected chi connectivity index (χ2v) is 7.45. The second kappa shape index (κ2) is 7.36. The summed E-state index contributed by atoms with van der Waals surface area (Å²) < 4.78 is 12.6. The number of nitrogens with two attached hydrogens (primary N) is 1. The lowest BCUT2D eigenvalue weighted by atomic mass is 9.84. The van der Waals surface area contributed by atoms with Crippen molar-refractivity contribution < 1.29 is 9.15 Å². The van der Waals surface area contributed by atoms with Crippen LogP contribution in [0.5, 0.6) is 5.75 Å². The van der Waals surface area contributed by atoms with E-state index in [-0.39, 0.29) is 23.6 Å². The number of benzene rings is 1. The van der Waals surface area contributed by atoms with E-state index in [1.807, 2.05) is 0 Å². The number of halogens is 2. The lowest BCUT2D eigenvalue weighted by molar-refractivity contribution is 0.387. The molecule has 8 heteroatoms. The molecule has 1 aliphatic heterocycles. The fourth-order valence-electron chi connectivity index (χ4n) is 3.47. The minimum atomic E-state index is -0.727. The molecule has 146 valence electrons. The molecule has 0 saturated heterocycles. The van der Waals surface area contributed by atoms with E-state index in [1.54, 1.807) is 54.2 Å². The van der Waals surface area contributed by atoms with Gasteiger partial charge in [0.2, 0.25) is 5.88 Å². The predicted octanol–water partition coefficient (Wildman–Crippen LogP) is 4.32. The third-order valence-corrected chi connectivity index (χ3v) is 5.60. The van der Waals surface area contributed by atoms with E-state index in [1.165, 1.54) is 0 Å². The Labute approximate surface area is 176 Å². The van der Waals surface area contributed by atoms with Crippen LogP contribution in [0.15, 0.2) is 63.3 Å². The molecule has 2 N–H and O–H groups in total. The van der Waals surface area contributed by atoms with Crippen molar-refractivity contribution in [1.82, 2.24) is 4.57 Å². The number of aryl methyl sites for hydroxylation is 1. The number of rotatable bonds is 3. The number of fused-ring (bicyclic) bond motifs is 1. The summed E-state index contributed by atoms with van der Waals surface area (Å²) in [6.45, 7) is 2.04.